The van der Waals surface area contributed by atoms with Crippen molar-refractivity contribution in [2.75, 3.05) is 5.32 Å². The summed E-state index contributed by atoms with van der Waals surface area (Å²) in [4.78, 5) is 15.2. The molecule has 21 heavy (non-hydrogen) atoms. The van der Waals surface area contributed by atoms with Gasteiger partial charge in [-0.15, -0.1) is 0 Å². The topological polar surface area (TPSA) is 75.4 Å². The molecule has 2 N–H and O–H groups in total. The number of carbonyl (C=O) groups is 1. The van der Waals surface area contributed by atoms with Gasteiger partial charge in [-0.1, -0.05) is 11.6 Å². The minimum Gasteiger partial charge on any atom is -0.478 e. The van der Waals surface area contributed by atoms with Gasteiger partial charge in [0.25, 0.3) is 6.01 Å². The zero-order chi connectivity index (χ0) is 15.0. The first kappa shape index (κ1) is 13.9. The molecule has 3 rings (SSSR count). The third kappa shape index (κ3) is 2.86. The van der Waals surface area contributed by atoms with Crippen LogP contribution in [0, 0.1) is 0 Å². The van der Waals surface area contributed by atoms with E-state index in [1.54, 1.807) is 24.3 Å². The van der Waals surface area contributed by atoms with Gasteiger partial charge in [-0.2, -0.15) is 4.98 Å². The lowest BCUT2D eigenvalue weighted by atomic mass is 10.2. The van der Waals surface area contributed by atoms with Crippen molar-refractivity contribution in [3.8, 4) is 0 Å². The van der Waals surface area contributed by atoms with Gasteiger partial charge < -0.3 is 14.8 Å². The molecule has 5 nitrogen and oxygen atoms in total. The van der Waals surface area contributed by atoms with Crippen LogP contribution in [0.25, 0.3) is 11.1 Å². The highest BCUT2D eigenvalue weighted by atomic mass is 79.9. The zero-order valence-corrected chi connectivity index (χ0v) is 12.8. The molecule has 0 unspecified atom stereocenters. The van der Waals surface area contributed by atoms with E-state index in [-0.39, 0.29) is 11.6 Å². The molecule has 7 heteroatoms. The summed E-state index contributed by atoms with van der Waals surface area (Å²) in [6.45, 7) is 0. The number of aromatic nitrogens is 1. The highest BCUT2D eigenvalue weighted by Gasteiger charge is 2.11. The maximum absolute atomic E-state index is 10.9. The van der Waals surface area contributed by atoms with Crippen molar-refractivity contribution in [2.24, 2.45) is 0 Å². The van der Waals surface area contributed by atoms with Crippen LogP contribution in [0.3, 0.4) is 0 Å². The summed E-state index contributed by atoms with van der Waals surface area (Å²) in [5, 5.41) is 12.5. The van der Waals surface area contributed by atoms with Crippen molar-refractivity contribution in [1.82, 2.24) is 4.98 Å². The Morgan fingerprint density at radius 1 is 1.29 bits per heavy atom. The number of nitrogens with one attached hydrogen (secondary N) is 1. The lowest BCUT2D eigenvalue weighted by Crippen LogP contribution is -1.94. The van der Waals surface area contributed by atoms with Crippen molar-refractivity contribution in [3.05, 3.63) is 51.5 Å². The predicted molar refractivity (Wildman–Crippen MR) is 83.4 cm³/mol. The predicted octanol–water partition coefficient (Wildman–Crippen LogP) is 4.69. The second-order valence-electron chi connectivity index (χ2n) is 4.26. The van der Waals surface area contributed by atoms with E-state index in [2.05, 4.69) is 26.2 Å². The molecule has 1 aromatic heterocycles. The molecule has 0 amide bonds. The van der Waals surface area contributed by atoms with E-state index in [4.69, 9.17) is 21.1 Å². The molecule has 0 bridgehead atoms. The van der Waals surface area contributed by atoms with Gasteiger partial charge in [0.2, 0.25) is 0 Å². The number of halogens is 2. The van der Waals surface area contributed by atoms with Crippen LogP contribution < -0.4 is 5.32 Å². The molecule has 0 saturated carbocycles. The van der Waals surface area contributed by atoms with E-state index in [1.807, 2.05) is 0 Å². The number of carboxylic acid groups (broad SMARTS) is 1. The molecule has 0 aliphatic carbocycles. The molecule has 0 aliphatic heterocycles. The van der Waals surface area contributed by atoms with Gasteiger partial charge in [0.1, 0.15) is 5.52 Å². The van der Waals surface area contributed by atoms with Crippen LogP contribution in [-0.2, 0) is 0 Å². The SMILES string of the molecule is O=C(O)c1ccc2nc(Nc3cc(Cl)ccc3Br)oc2c1. The molecular formula is C14H8BrClN2O3. The van der Waals surface area contributed by atoms with Gasteiger partial charge >= 0.3 is 5.97 Å². The van der Waals surface area contributed by atoms with Gasteiger partial charge in [0, 0.05) is 9.50 Å². The van der Waals surface area contributed by atoms with Crippen molar-refractivity contribution >= 4 is 56.3 Å². The summed E-state index contributed by atoms with van der Waals surface area (Å²) in [7, 11) is 0. The number of oxazole rings is 1. The lowest BCUT2D eigenvalue weighted by Gasteiger charge is -2.04. The van der Waals surface area contributed by atoms with Crippen LogP contribution in [0.15, 0.2) is 45.3 Å². The van der Waals surface area contributed by atoms with Gasteiger partial charge in [0.15, 0.2) is 5.58 Å². The van der Waals surface area contributed by atoms with E-state index < -0.39 is 5.97 Å². The van der Waals surface area contributed by atoms with Crippen LogP contribution >= 0.6 is 27.5 Å². The Labute approximate surface area is 132 Å². The molecule has 0 atom stereocenters. The fraction of sp³-hybridized carbons (Fsp3) is 0. The lowest BCUT2D eigenvalue weighted by molar-refractivity contribution is 0.0697. The van der Waals surface area contributed by atoms with E-state index in [9.17, 15) is 4.79 Å². The Balaban J connectivity index is 1.97. The van der Waals surface area contributed by atoms with E-state index in [1.165, 1.54) is 12.1 Å². The smallest absolute Gasteiger partial charge is 0.335 e. The maximum Gasteiger partial charge on any atom is 0.335 e. The number of hydrogen-bond acceptors (Lipinski definition) is 4. The average molecular weight is 368 g/mol. The fourth-order valence-electron chi connectivity index (χ4n) is 1.82. The van der Waals surface area contributed by atoms with E-state index in [0.29, 0.717) is 21.8 Å². The number of nitrogens with zero attached hydrogens (tertiary/aromatic N) is 1. The third-order valence-electron chi connectivity index (χ3n) is 2.81. The van der Waals surface area contributed by atoms with Gasteiger partial charge in [-0.25, -0.2) is 4.79 Å². The van der Waals surface area contributed by atoms with E-state index in [0.717, 1.165) is 4.47 Å². The summed E-state index contributed by atoms with van der Waals surface area (Å²) in [6, 6.07) is 10.0. The maximum atomic E-state index is 10.9. The molecule has 0 spiro atoms. The first-order valence-corrected chi connectivity index (χ1v) is 7.06. The van der Waals surface area contributed by atoms with Crippen LogP contribution in [-0.4, -0.2) is 16.1 Å². The molecule has 0 aliphatic rings. The number of fused-ring (bicyclic) bond motifs is 1. The first-order chi connectivity index (χ1) is 10.0. The van der Waals surface area contributed by atoms with Gasteiger partial charge in [-0.05, 0) is 52.3 Å². The molecule has 106 valence electrons. The molecule has 2 aromatic carbocycles. The Kier molecular flexibility index (Phi) is 3.57. The largest absolute Gasteiger partial charge is 0.478 e. The third-order valence-corrected chi connectivity index (χ3v) is 3.73. The molecule has 0 fully saturated rings. The standard InChI is InChI=1S/C14H8BrClN2O3/c15-9-3-2-8(16)6-11(9)18-14-17-10-4-1-7(13(19)20)5-12(10)21-14/h1-6H,(H,17,18)(H,19,20). The summed E-state index contributed by atoms with van der Waals surface area (Å²) in [6.07, 6.45) is 0. The summed E-state index contributed by atoms with van der Waals surface area (Å²) >= 11 is 9.33. The zero-order valence-electron chi connectivity index (χ0n) is 10.4. The Hall–Kier alpha value is -2.05. The number of hydrogen-bond donors (Lipinski definition) is 2. The summed E-state index contributed by atoms with van der Waals surface area (Å²) in [5.74, 6) is -1.01. The second kappa shape index (κ2) is 5.38. The number of anilines is 2. The van der Waals surface area contributed by atoms with Crippen molar-refractivity contribution in [2.45, 2.75) is 0 Å². The normalized spacial score (nSPS) is 10.8. The molecule has 3 aromatic rings. The van der Waals surface area contributed by atoms with Crippen molar-refractivity contribution in [1.29, 1.82) is 0 Å². The number of benzene rings is 2. The van der Waals surface area contributed by atoms with Gasteiger partial charge in [-0.3, -0.25) is 0 Å². The van der Waals surface area contributed by atoms with Crippen LogP contribution in [0.1, 0.15) is 10.4 Å². The first-order valence-electron chi connectivity index (χ1n) is 5.89. The highest BCUT2D eigenvalue weighted by Crippen LogP contribution is 2.30. The van der Waals surface area contributed by atoms with Crippen LogP contribution in [0.2, 0.25) is 5.02 Å². The fourth-order valence-corrected chi connectivity index (χ4v) is 2.34. The minimum absolute atomic E-state index is 0.147. The molecule has 1 heterocycles. The number of aromatic carboxylic acids is 1. The van der Waals surface area contributed by atoms with Crippen molar-refractivity contribution in [3.63, 3.8) is 0 Å². The molecule has 0 saturated heterocycles. The summed E-state index contributed by atoms with van der Waals surface area (Å²) in [5.41, 5.74) is 1.82. The van der Waals surface area contributed by atoms with Crippen LogP contribution in [0.5, 0.6) is 0 Å². The molecular weight excluding hydrogens is 360 g/mol. The monoisotopic (exact) mass is 366 g/mol. The Morgan fingerprint density at radius 3 is 2.86 bits per heavy atom. The van der Waals surface area contributed by atoms with E-state index >= 15 is 0 Å². The minimum atomic E-state index is -1.01. The second-order valence-corrected chi connectivity index (χ2v) is 5.55. The highest BCUT2D eigenvalue weighted by molar-refractivity contribution is 9.10. The average Bonchev–Trinajstić information content (AvgIpc) is 2.84. The number of carboxylic acids is 1. The Bertz CT molecular complexity index is 847. The Morgan fingerprint density at radius 2 is 2.10 bits per heavy atom. The van der Waals surface area contributed by atoms with Gasteiger partial charge in [0.05, 0.1) is 11.3 Å². The number of rotatable bonds is 3. The van der Waals surface area contributed by atoms with Crippen LogP contribution in [0.4, 0.5) is 11.7 Å². The molecule has 0 radical (unpaired) electrons. The summed E-state index contributed by atoms with van der Waals surface area (Å²) < 4.78 is 6.31. The van der Waals surface area contributed by atoms with Crippen molar-refractivity contribution < 1.29 is 14.3 Å². The quantitative estimate of drug-likeness (QED) is 0.702.